The van der Waals surface area contributed by atoms with Crippen molar-refractivity contribution in [3.63, 3.8) is 0 Å². The molecule has 0 saturated carbocycles. The monoisotopic (exact) mass is 265 g/mol. The van der Waals surface area contributed by atoms with Crippen LogP contribution in [0.2, 0.25) is 0 Å². The van der Waals surface area contributed by atoms with Crippen molar-refractivity contribution >= 4 is 15.4 Å². The summed E-state index contributed by atoms with van der Waals surface area (Å²) in [6.45, 7) is 4.89. The van der Waals surface area contributed by atoms with E-state index in [1.165, 1.54) is 0 Å². The second-order valence-corrected chi connectivity index (χ2v) is 4.29. The zero-order valence-electron chi connectivity index (χ0n) is 10.4. The fourth-order valence-corrected chi connectivity index (χ4v) is 2.13. The van der Waals surface area contributed by atoms with E-state index < -0.39 is 0 Å². The summed E-state index contributed by atoms with van der Waals surface area (Å²) in [4.78, 5) is 19.1. The summed E-state index contributed by atoms with van der Waals surface area (Å²) in [7, 11) is 1.98. The molecule has 0 fully saturated rings. The lowest BCUT2D eigenvalue weighted by Crippen LogP contribution is -2.03. The van der Waals surface area contributed by atoms with E-state index in [-0.39, 0.29) is 5.97 Å². The number of imidazole rings is 1. The summed E-state index contributed by atoms with van der Waals surface area (Å²) in [5, 5.41) is 0. The molecule has 0 aliphatic carbocycles. The first-order chi connectivity index (χ1) is 8.69. The Morgan fingerprint density at radius 3 is 3.06 bits per heavy atom. The molecule has 1 atom stereocenters. The first-order valence-corrected chi connectivity index (χ1v) is 6.26. The van der Waals surface area contributed by atoms with Crippen LogP contribution in [0.1, 0.15) is 29.4 Å². The second-order valence-electron chi connectivity index (χ2n) is 4.05. The Morgan fingerprint density at radius 2 is 2.39 bits per heavy atom. The number of aryl methyl sites for hydroxylation is 2. The van der Waals surface area contributed by atoms with Gasteiger partial charge in [-0.05, 0) is 13.3 Å². The minimum atomic E-state index is -0.384. The minimum Gasteiger partial charge on any atom is -0.448 e. The van der Waals surface area contributed by atoms with Crippen LogP contribution in [0.15, 0.2) is 18.6 Å². The fourth-order valence-electron chi connectivity index (χ4n) is 2.00. The van der Waals surface area contributed by atoms with Crippen molar-refractivity contribution in [3.05, 3.63) is 29.8 Å². The summed E-state index contributed by atoms with van der Waals surface area (Å²) in [6.07, 6.45) is 6.33. The Bertz CT molecular complexity index is 559. The van der Waals surface area contributed by atoms with E-state index in [1.807, 2.05) is 27.2 Å². The van der Waals surface area contributed by atoms with Gasteiger partial charge in [0.05, 0.1) is 20.6 Å². The van der Waals surface area contributed by atoms with Crippen LogP contribution >= 0.6 is 9.47 Å². The van der Waals surface area contributed by atoms with Gasteiger partial charge in [-0.1, -0.05) is 6.92 Å². The maximum Gasteiger partial charge on any atom is 0.342 e. The first kappa shape index (κ1) is 12.8. The Hall–Kier alpha value is -1.61. The summed E-state index contributed by atoms with van der Waals surface area (Å²) in [5.74, 6) is 0.409. The van der Waals surface area contributed by atoms with Crippen LogP contribution < -0.4 is 0 Å². The molecule has 1 N–H and O–H groups in total. The van der Waals surface area contributed by atoms with Gasteiger partial charge in [-0.15, -0.1) is 0 Å². The van der Waals surface area contributed by atoms with Crippen molar-refractivity contribution in [1.82, 2.24) is 14.5 Å². The molecule has 2 heterocycles. The van der Waals surface area contributed by atoms with Gasteiger partial charge in [0.25, 0.3) is 0 Å². The van der Waals surface area contributed by atoms with E-state index in [1.54, 1.807) is 12.4 Å². The normalized spacial score (nSPS) is 10.6. The van der Waals surface area contributed by atoms with E-state index >= 15 is 0 Å². The molecule has 0 bridgehead atoms. The van der Waals surface area contributed by atoms with Gasteiger partial charge in [0, 0.05) is 30.8 Å². The van der Waals surface area contributed by atoms with Crippen LogP contribution in [-0.2, 0) is 11.1 Å². The zero-order chi connectivity index (χ0) is 13.1. The van der Waals surface area contributed by atoms with Crippen LogP contribution in [0.25, 0.3) is 11.4 Å². The molecule has 0 spiro atoms. The van der Waals surface area contributed by atoms with E-state index in [2.05, 4.69) is 16.9 Å². The van der Waals surface area contributed by atoms with Gasteiger partial charge < -0.3 is 14.1 Å². The molecule has 1 unspecified atom stereocenters. The van der Waals surface area contributed by atoms with Crippen molar-refractivity contribution < 1.29 is 9.32 Å². The van der Waals surface area contributed by atoms with Crippen LogP contribution in [0.3, 0.4) is 0 Å². The molecule has 6 heteroatoms. The molecule has 0 aliphatic heterocycles. The number of nitrogens with zero attached hydrogens (tertiary/aromatic N) is 2. The van der Waals surface area contributed by atoms with Gasteiger partial charge in [-0.3, -0.25) is 0 Å². The summed E-state index contributed by atoms with van der Waals surface area (Å²) >= 11 is 0. The molecule has 18 heavy (non-hydrogen) atoms. The number of nitrogens with one attached hydrogen (secondary N) is 1. The number of hydrogen-bond donors (Lipinski definition) is 1. The summed E-state index contributed by atoms with van der Waals surface area (Å²) in [6, 6.07) is 0. The van der Waals surface area contributed by atoms with Gasteiger partial charge in [0.2, 0.25) is 0 Å². The number of rotatable bonds is 4. The SMILES string of the molecule is CCCn1ccnc1-c1c(C(=O)OP)c[nH]c1C. The molecule has 2 aromatic rings. The maximum absolute atomic E-state index is 11.7. The first-order valence-electron chi connectivity index (χ1n) is 5.79. The Kier molecular flexibility index (Phi) is 3.82. The van der Waals surface area contributed by atoms with Crippen LogP contribution in [0.5, 0.6) is 0 Å². The predicted molar refractivity (Wildman–Crippen MR) is 72.2 cm³/mol. The standard InChI is InChI=1S/C12H16N3O2P/c1-3-5-15-6-4-13-11(15)10-8(2)14-7-9(10)12(16)17-18/h4,6-7,14H,3,5,18H2,1-2H3. The molecule has 2 rings (SSSR count). The third kappa shape index (κ3) is 2.18. The molecule has 0 aliphatic rings. The quantitative estimate of drug-likeness (QED) is 0.864. The van der Waals surface area contributed by atoms with E-state index in [0.29, 0.717) is 5.56 Å². The van der Waals surface area contributed by atoms with Gasteiger partial charge in [0.1, 0.15) is 5.82 Å². The topological polar surface area (TPSA) is 59.9 Å². The molecular weight excluding hydrogens is 249 g/mol. The highest BCUT2D eigenvalue weighted by Crippen LogP contribution is 2.27. The van der Waals surface area contributed by atoms with Crippen molar-refractivity contribution in [3.8, 4) is 11.4 Å². The lowest BCUT2D eigenvalue weighted by molar-refractivity contribution is 0.0766. The number of hydrogen-bond acceptors (Lipinski definition) is 3. The van der Waals surface area contributed by atoms with Crippen LogP contribution in [0.4, 0.5) is 0 Å². The van der Waals surface area contributed by atoms with Crippen LogP contribution in [0, 0.1) is 6.92 Å². The highest BCUT2D eigenvalue weighted by Gasteiger charge is 2.20. The van der Waals surface area contributed by atoms with Gasteiger partial charge in [0.15, 0.2) is 0 Å². The number of aromatic nitrogens is 3. The molecule has 0 saturated heterocycles. The lowest BCUT2D eigenvalue weighted by atomic mass is 10.1. The Labute approximate surface area is 108 Å². The number of carbonyl (C=O) groups is 1. The number of carbonyl (C=O) groups excluding carboxylic acids is 1. The summed E-state index contributed by atoms with van der Waals surface area (Å²) in [5.41, 5.74) is 2.22. The van der Waals surface area contributed by atoms with Crippen molar-refractivity contribution in [2.24, 2.45) is 0 Å². The molecule has 2 aromatic heterocycles. The van der Waals surface area contributed by atoms with Crippen molar-refractivity contribution in [2.45, 2.75) is 26.8 Å². The van der Waals surface area contributed by atoms with Crippen LogP contribution in [-0.4, -0.2) is 20.5 Å². The van der Waals surface area contributed by atoms with Crippen molar-refractivity contribution in [2.75, 3.05) is 0 Å². The average Bonchev–Trinajstić information content (AvgIpc) is 2.95. The van der Waals surface area contributed by atoms with Crippen molar-refractivity contribution in [1.29, 1.82) is 0 Å². The van der Waals surface area contributed by atoms with E-state index in [9.17, 15) is 4.79 Å². The smallest absolute Gasteiger partial charge is 0.342 e. The molecule has 5 nitrogen and oxygen atoms in total. The third-order valence-corrected chi connectivity index (χ3v) is 3.02. The highest BCUT2D eigenvalue weighted by atomic mass is 31.0. The van der Waals surface area contributed by atoms with Gasteiger partial charge in [-0.2, -0.15) is 0 Å². The molecule has 0 aromatic carbocycles. The number of H-pyrrole nitrogens is 1. The Morgan fingerprint density at radius 1 is 1.61 bits per heavy atom. The van der Waals surface area contributed by atoms with Gasteiger partial charge in [-0.25, -0.2) is 9.78 Å². The molecule has 96 valence electrons. The molecule has 0 radical (unpaired) electrons. The summed E-state index contributed by atoms with van der Waals surface area (Å²) < 4.78 is 6.75. The Balaban J connectivity index is 2.52. The fraction of sp³-hybridized carbons (Fsp3) is 0.333. The minimum absolute atomic E-state index is 0.384. The zero-order valence-corrected chi connectivity index (χ0v) is 11.6. The second kappa shape index (κ2) is 5.36. The maximum atomic E-state index is 11.7. The largest absolute Gasteiger partial charge is 0.448 e. The van der Waals surface area contributed by atoms with E-state index in [4.69, 9.17) is 4.52 Å². The number of aromatic amines is 1. The highest BCUT2D eigenvalue weighted by molar-refractivity contribution is 7.10. The van der Waals surface area contributed by atoms with E-state index in [0.717, 1.165) is 30.0 Å². The molecular formula is C12H16N3O2P. The third-order valence-electron chi connectivity index (χ3n) is 2.81. The lowest BCUT2D eigenvalue weighted by Gasteiger charge is -2.07. The predicted octanol–water partition coefficient (Wildman–Crippen LogP) is 2.54. The average molecular weight is 265 g/mol. The molecule has 0 amide bonds. The van der Waals surface area contributed by atoms with Gasteiger partial charge >= 0.3 is 5.97 Å².